The zero-order chi connectivity index (χ0) is 18.7. The van der Waals surface area contributed by atoms with E-state index in [0.29, 0.717) is 33.7 Å². The van der Waals surface area contributed by atoms with Crippen molar-refractivity contribution in [1.29, 1.82) is 0 Å². The predicted octanol–water partition coefficient (Wildman–Crippen LogP) is 4.81. The lowest BCUT2D eigenvalue weighted by atomic mass is 10.1. The highest BCUT2D eigenvalue weighted by molar-refractivity contribution is 6.35. The van der Waals surface area contributed by atoms with Crippen LogP contribution in [0.2, 0.25) is 10.0 Å². The van der Waals surface area contributed by atoms with Crippen molar-refractivity contribution >= 4 is 34.9 Å². The van der Waals surface area contributed by atoms with Crippen LogP contribution in [-0.4, -0.2) is 22.8 Å². The van der Waals surface area contributed by atoms with Crippen LogP contribution in [-0.2, 0) is 6.54 Å². The number of amides is 1. The summed E-state index contributed by atoms with van der Waals surface area (Å²) in [5, 5.41) is 8.24. The molecule has 0 aliphatic rings. The van der Waals surface area contributed by atoms with E-state index in [1.807, 2.05) is 19.1 Å². The Morgan fingerprint density at radius 3 is 2.73 bits per heavy atom. The molecule has 0 aliphatic heterocycles. The molecule has 5 nitrogen and oxygen atoms in total. The number of rotatable bonds is 5. The van der Waals surface area contributed by atoms with Crippen LogP contribution in [0.4, 0.5) is 5.82 Å². The van der Waals surface area contributed by atoms with Crippen LogP contribution < -0.4 is 10.1 Å². The van der Waals surface area contributed by atoms with Gasteiger partial charge in [-0.1, -0.05) is 35.3 Å². The van der Waals surface area contributed by atoms with E-state index < -0.39 is 0 Å². The number of methoxy groups -OCH3 is 1. The zero-order valence-corrected chi connectivity index (χ0v) is 15.8. The van der Waals surface area contributed by atoms with Crippen molar-refractivity contribution in [2.75, 3.05) is 12.4 Å². The number of hydrogen-bond donors (Lipinski definition) is 1. The van der Waals surface area contributed by atoms with Crippen molar-refractivity contribution in [1.82, 2.24) is 9.78 Å². The number of halogens is 2. The molecule has 0 atom stereocenters. The number of nitrogens with zero attached hydrogens (tertiary/aromatic N) is 2. The third-order valence-corrected chi connectivity index (χ3v) is 4.55. The molecule has 1 aromatic heterocycles. The molecule has 0 bridgehead atoms. The van der Waals surface area contributed by atoms with Crippen LogP contribution in [0.15, 0.2) is 48.7 Å². The molecule has 0 radical (unpaired) electrons. The Morgan fingerprint density at radius 1 is 1.19 bits per heavy atom. The van der Waals surface area contributed by atoms with E-state index in [0.717, 1.165) is 11.1 Å². The summed E-state index contributed by atoms with van der Waals surface area (Å²) in [6.45, 7) is 2.33. The molecule has 1 amide bonds. The summed E-state index contributed by atoms with van der Waals surface area (Å²) >= 11 is 12.2. The Balaban J connectivity index is 1.79. The van der Waals surface area contributed by atoms with Gasteiger partial charge in [-0.05, 0) is 42.3 Å². The molecule has 134 valence electrons. The summed E-state index contributed by atoms with van der Waals surface area (Å²) in [6.07, 6.45) is 1.62. The molecular weight excluding hydrogens is 373 g/mol. The first-order chi connectivity index (χ1) is 12.5. The highest BCUT2D eigenvalue weighted by Gasteiger charge is 2.13. The molecule has 26 heavy (non-hydrogen) atoms. The van der Waals surface area contributed by atoms with Gasteiger partial charge in [-0.2, -0.15) is 5.10 Å². The van der Waals surface area contributed by atoms with Gasteiger partial charge in [-0.15, -0.1) is 0 Å². The number of carbonyl (C=O) groups excluding carboxylic acids is 1. The molecule has 1 N–H and O–H groups in total. The molecule has 0 aliphatic carbocycles. The maximum Gasteiger partial charge on any atom is 0.256 e. The molecule has 3 rings (SSSR count). The lowest BCUT2D eigenvalue weighted by molar-refractivity contribution is 0.102. The fraction of sp³-hybridized carbons (Fsp3) is 0.158. The number of anilines is 1. The molecule has 0 spiro atoms. The van der Waals surface area contributed by atoms with E-state index in [4.69, 9.17) is 27.9 Å². The number of ether oxygens (including phenoxy) is 1. The largest absolute Gasteiger partial charge is 0.496 e. The van der Waals surface area contributed by atoms with Crippen molar-refractivity contribution in [3.8, 4) is 5.75 Å². The minimum Gasteiger partial charge on any atom is -0.496 e. The minimum absolute atomic E-state index is 0.243. The van der Waals surface area contributed by atoms with Gasteiger partial charge in [-0.3, -0.25) is 4.79 Å². The number of benzene rings is 2. The fourth-order valence-electron chi connectivity index (χ4n) is 2.53. The topological polar surface area (TPSA) is 56.1 Å². The summed E-state index contributed by atoms with van der Waals surface area (Å²) in [6, 6.07) is 12.3. The summed E-state index contributed by atoms with van der Waals surface area (Å²) in [4.78, 5) is 12.6. The fourth-order valence-corrected chi connectivity index (χ4v) is 2.99. The summed E-state index contributed by atoms with van der Waals surface area (Å²) in [5.41, 5.74) is 2.32. The molecule has 0 fully saturated rings. The molecule has 0 saturated heterocycles. The maximum absolute atomic E-state index is 12.6. The first kappa shape index (κ1) is 18.3. The summed E-state index contributed by atoms with van der Waals surface area (Å²) < 4.78 is 6.94. The van der Waals surface area contributed by atoms with Crippen molar-refractivity contribution in [2.45, 2.75) is 13.5 Å². The van der Waals surface area contributed by atoms with Crippen LogP contribution >= 0.6 is 23.2 Å². The van der Waals surface area contributed by atoms with E-state index in [2.05, 4.69) is 10.4 Å². The van der Waals surface area contributed by atoms with Crippen molar-refractivity contribution in [2.24, 2.45) is 0 Å². The van der Waals surface area contributed by atoms with Gasteiger partial charge in [-0.25, -0.2) is 4.68 Å². The van der Waals surface area contributed by atoms with Crippen LogP contribution in [0.3, 0.4) is 0 Å². The monoisotopic (exact) mass is 389 g/mol. The normalized spacial score (nSPS) is 10.6. The van der Waals surface area contributed by atoms with Gasteiger partial charge in [0.25, 0.3) is 5.91 Å². The lowest BCUT2D eigenvalue weighted by Crippen LogP contribution is -2.16. The number of aromatic nitrogens is 2. The molecule has 0 saturated carbocycles. The van der Waals surface area contributed by atoms with Gasteiger partial charge in [0, 0.05) is 21.7 Å². The van der Waals surface area contributed by atoms with Crippen molar-refractivity contribution in [3.05, 3.63) is 75.4 Å². The molecule has 7 heteroatoms. The number of hydrogen-bond acceptors (Lipinski definition) is 3. The Labute approximate surface area is 161 Å². The average molecular weight is 390 g/mol. The average Bonchev–Trinajstić information content (AvgIpc) is 3.04. The van der Waals surface area contributed by atoms with Gasteiger partial charge in [0.2, 0.25) is 0 Å². The number of aryl methyl sites for hydroxylation is 1. The standard InChI is InChI=1S/C19H17Cl2N3O2/c1-12-3-4-13(9-17(12)26-2)19(25)23-18-7-8-22-24(18)11-14-5-6-15(20)10-16(14)21/h3-10H,11H2,1-2H3,(H,23,25). The molecule has 2 aromatic carbocycles. The minimum atomic E-state index is -0.243. The third-order valence-electron chi connectivity index (χ3n) is 3.96. The lowest BCUT2D eigenvalue weighted by Gasteiger charge is -2.11. The van der Waals surface area contributed by atoms with Gasteiger partial charge < -0.3 is 10.1 Å². The van der Waals surface area contributed by atoms with Crippen molar-refractivity contribution < 1.29 is 9.53 Å². The Morgan fingerprint density at radius 2 is 2.00 bits per heavy atom. The SMILES string of the molecule is COc1cc(C(=O)Nc2ccnn2Cc2ccc(Cl)cc2Cl)ccc1C. The Hall–Kier alpha value is -2.50. The number of carbonyl (C=O) groups is 1. The second-order valence-electron chi connectivity index (χ2n) is 5.75. The molecule has 1 heterocycles. The van der Waals surface area contributed by atoms with Gasteiger partial charge in [0.05, 0.1) is 19.9 Å². The zero-order valence-electron chi connectivity index (χ0n) is 14.3. The van der Waals surface area contributed by atoms with E-state index in [1.54, 1.807) is 48.3 Å². The highest BCUT2D eigenvalue weighted by Crippen LogP contribution is 2.23. The van der Waals surface area contributed by atoms with Gasteiger partial charge >= 0.3 is 0 Å². The second-order valence-corrected chi connectivity index (χ2v) is 6.59. The summed E-state index contributed by atoms with van der Waals surface area (Å²) in [7, 11) is 1.58. The molecule has 0 unspecified atom stereocenters. The molecule has 3 aromatic rings. The van der Waals surface area contributed by atoms with Crippen LogP contribution in [0.1, 0.15) is 21.5 Å². The van der Waals surface area contributed by atoms with E-state index >= 15 is 0 Å². The Kier molecular flexibility index (Phi) is 5.49. The van der Waals surface area contributed by atoms with Crippen LogP contribution in [0, 0.1) is 6.92 Å². The van der Waals surface area contributed by atoms with Crippen LogP contribution in [0.25, 0.3) is 0 Å². The van der Waals surface area contributed by atoms with Gasteiger partial charge in [0.15, 0.2) is 0 Å². The van der Waals surface area contributed by atoms with Crippen molar-refractivity contribution in [3.63, 3.8) is 0 Å². The predicted molar refractivity (Wildman–Crippen MR) is 103 cm³/mol. The summed E-state index contributed by atoms with van der Waals surface area (Å²) in [5.74, 6) is 0.993. The molecular formula is C19H17Cl2N3O2. The first-order valence-electron chi connectivity index (χ1n) is 7.89. The Bertz CT molecular complexity index is 954. The van der Waals surface area contributed by atoms with Crippen LogP contribution in [0.5, 0.6) is 5.75 Å². The van der Waals surface area contributed by atoms with E-state index in [9.17, 15) is 4.79 Å². The second kappa shape index (κ2) is 7.81. The smallest absolute Gasteiger partial charge is 0.256 e. The van der Waals surface area contributed by atoms with E-state index in [1.165, 1.54) is 0 Å². The first-order valence-corrected chi connectivity index (χ1v) is 8.65. The number of nitrogens with one attached hydrogen (secondary N) is 1. The van der Waals surface area contributed by atoms with Gasteiger partial charge in [0.1, 0.15) is 11.6 Å². The highest BCUT2D eigenvalue weighted by atomic mass is 35.5. The third kappa shape index (κ3) is 4.00. The quantitative estimate of drug-likeness (QED) is 0.681. The maximum atomic E-state index is 12.6. The van der Waals surface area contributed by atoms with E-state index in [-0.39, 0.29) is 5.91 Å².